The first-order valence-electron chi connectivity index (χ1n) is 9.77. The molecule has 0 saturated heterocycles. The molecule has 0 saturated carbocycles. The molecular weight excluding hydrogens is 416 g/mol. The molecule has 0 radical (unpaired) electrons. The summed E-state index contributed by atoms with van der Waals surface area (Å²) < 4.78 is 36.2. The van der Waals surface area contributed by atoms with Crippen molar-refractivity contribution in [3.63, 3.8) is 0 Å². The third-order valence-corrected chi connectivity index (χ3v) is 3.90. The summed E-state index contributed by atoms with van der Waals surface area (Å²) in [4.78, 5) is 11.9. The fourth-order valence-electron chi connectivity index (χ4n) is 2.43. The summed E-state index contributed by atoms with van der Waals surface area (Å²) in [5.74, 6) is 1.30. The first kappa shape index (κ1) is 24.9. The van der Waals surface area contributed by atoms with Crippen LogP contribution in [0.1, 0.15) is 11.1 Å². The highest BCUT2D eigenvalue weighted by molar-refractivity contribution is 5.87. The Balaban J connectivity index is 1.84. The van der Waals surface area contributed by atoms with E-state index in [1.54, 1.807) is 43.5 Å². The van der Waals surface area contributed by atoms with Gasteiger partial charge in [0.05, 0.1) is 0 Å². The van der Waals surface area contributed by atoms with Crippen LogP contribution in [0.15, 0.2) is 54.6 Å². The fourth-order valence-corrected chi connectivity index (χ4v) is 2.43. The molecule has 8 nitrogen and oxygen atoms in total. The molecule has 32 heavy (non-hydrogen) atoms. The second kappa shape index (κ2) is 14.6. The van der Waals surface area contributed by atoms with Crippen molar-refractivity contribution in [2.45, 2.75) is 0 Å². The number of benzene rings is 2. The van der Waals surface area contributed by atoms with E-state index in [1.165, 1.54) is 20.3 Å². The van der Waals surface area contributed by atoms with Crippen molar-refractivity contribution >= 4 is 18.1 Å². The lowest BCUT2D eigenvalue weighted by molar-refractivity contribution is -0.136. The third kappa shape index (κ3) is 9.22. The second-order valence-corrected chi connectivity index (χ2v) is 6.29. The summed E-state index contributed by atoms with van der Waals surface area (Å²) in [6, 6.07) is 12.7. The lowest BCUT2D eigenvalue weighted by atomic mass is 10.2. The van der Waals surface area contributed by atoms with E-state index < -0.39 is 5.97 Å². The van der Waals surface area contributed by atoms with Crippen molar-refractivity contribution in [3.05, 3.63) is 65.7 Å². The maximum absolute atomic E-state index is 11.9. The molecule has 0 bridgehead atoms. The maximum atomic E-state index is 11.9. The van der Waals surface area contributed by atoms with Crippen LogP contribution in [0.4, 0.5) is 0 Å². The normalized spacial score (nSPS) is 11.1. The number of methoxy groups -OCH3 is 3. The van der Waals surface area contributed by atoms with Gasteiger partial charge in [0.25, 0.3) is 0 Å². The van der Waals surface area contributed by atoms with E-state index in [0.717, 1.165) is 11.1 Å². The Bertz CT molecular complexity index is 874. The number of carbonyl (C=O) groups excluding carboxylic acids is 1. The summed E-state index contributed by atoms with van der Waals surface area (Å²) in [5.41, 5.74) is 1.70. The molecule has 0 aliphatic carbocycles. The van der Waals surface area contributed by atoms with Gasteiger partial charge in [-0.3, -0.25) is 0 Å². The minimum Gasteiger partial charge on any atom is -0.468 e. The molecule has 0 atom stereocenters. The Morgan fingerprint density at radius 3 is 2.06 bits per heavy atom. The van der Waals surface area contributed by atoms with Crippen LogP contribution in [0, 0.1) is 0 Å². The highest BCUT2D eigenvalue weighted by atomic mass is 16.7. The van der Waals surface area contributed by atoms with Crippen LogP contribution in [-0.2, 0) is 23.7 Å². The average Bonchev–Trinajstić information content (AvgIpc) is 2.82. The van der Waals surface area contributed by atoms with Gasteiger partial charge in [0.1, 0.15) is 12.4 Å². The number of hydrogen-bond acceptors (Lipinski definition) is 8. The van der Waals surface area contributed by atoms with Crippen LogP contribution in [-0.4, -0.2) is 54.3 Å². The quantitative estimate of drug-likeness (QED) is 0.247. The number of rotatable bonds is 14. The van der Waals surface area contributed by atoms with Crippen LogP contribution in [0.5, 0.6) is 17.2 Å². The van der Waals surface area contributed by atoms with E-state index in [2.05, 4.69) is 0 Å². The molecule has 0 N–H and O–H groups in total. The summed E-state index contributed by atoms with van der Waals surface area (Å²) in [5, 5.41) is 0. The summed E-state index contributed by atoms with van der Waals surface area (Å²) in [7, 11) is 4.63. The van der Waals surface area contributed by atoms with Crippen molar-refractivity contribution < 1.29 is 38.0 Å². The minimum absolute atomic E-state index is 0.0867. The maximum Gasteiger partial charge on any atom is 0.331 e. The van der Waals surface area contributed by atoms with Crippen LogP contribution >= 0.6 is 0 Å². The lowest BCUT2D eigenvalue weighted by Crippen LogP contribution is -2.04. The molecule has 172 valence electrons. The Kier molecular flexibility index (Phi) is 11.4. The number of hydrogen-bond donors (Lipinski definition) is 0. The summed E-state index contributed by atoms with van der Waals surface area (Å²) in [6.07, 6.45) is 6.59. The zero-order chi connectivity index (χ0) is 23.0. The van der Waals surface area contributed by atoms with E-state index in [1.807, 2.05) is 24.3 Å². The van der Waals surface area contributed by atoms with E-state index in [0.29, 0.717) is 17.2 Å². The van der Waals surface area contributed by atoms with Gasteiger partial charge in [0, 0.05) is 27.4 Å². The zero-order valence-electron chi connectivity index (χ0n) is 18.4. The van der Waals surface area contributed by atoms with Crippen molar-refractivity contribution in [2.24, 2.45) is 0 Å². The smallest absolute Gasteiger partial charge is 0.331 e. The molecule has 0 heterocycles. The molecular formula is C24H28O8. The standard InChI is InChI=1S/C24H28O8/c1-26-16-30-21-10-6-19(7-11-21)9-13-24(25)29-14-4-5-20-8-12-22(31-17-27-2)23(15-20)32-18-28-3/h4-13,15H,14,16-18H2,1-3H3/b5-4+,13-9+. The van der Waals surface area contributed by atoms with E-state index in [-0.39, 0.29) is 27.0 Å². The Morgan fingerprint density at radius 2 is 1.38 bits per heavy atom. The van der Waals surface area contributed by atoms with Gasteiger partial charge in [-0.05, 0) is 47.5 Å². The highest BCUT2D eigenvalue weighted by Gasteiger charge is 2.06. The number of esters is 1. The molecule has 0 spiro atoms. The van der Waals surface area contributed by atoms with Crippen molar-refractivity contribution in [3.8, 4) is 17.2 Å². The SMILES string of the molecule is COCOc1ccc(/C=C/C(=O)OC/C=C/c2ccc(OCOC)c(OCOC)c2)cc1. The van der Waals surface area contributed by atoms with Gasteiger partial charge in [0.15, 0.2) is 31.9 Å². The van der Waals surface area contributed by atoms with Gasteiger partial charge in [-0.15, -0.1) is 0 Å². The van der Waals surface area contributed by atoms with Gasteiger partial charge in [-0.2, -0.15) is 0 Å². The first-order chi connectivity index (χ1) is 15.7. The Hall–Kier alpha value is -3.33. The average molecular weight is 444 g/mol. The van der Waals surface area contributed by atoms with Gasteiger partial charge < -0.3 is 33.2 Å². The molecule has 0 aliphatic rings. The predicted molar refractivity (Wildman–Crippen MR) is 119 cm³/mol. The monoisotopic (exact) mass is 444 g/mol. The van der Waals surface area contributed by atoms with E-state index in [4.69, 9.17) is 33.2 Å². The van der Waals surface area contributed by atoms with Crippen LogP contribution < -0.4 is 14.2 Å². The molecule has 2 aromatic carbocycles. The molecule has 0 aromatic heterocycles. The van der Waals surface area contributed by atoms with Gasteiger partial charge >= 0.3 is 5.97 Å². The first-order valence-corrected chi connectivity index (χ1v) is 9.77. The molecule has 2 rings (SSSR count). The van der Waals surface area contributed by atoms with Crippen molar-refractivity contribution in [1.29, 1.82) is 0 Å². The fraction of sp³-hybridized carbons (Fsp3) is 0.292. The lowest BCUT2D eigenvalue weighted by Gasteiger charge is -2.12. The molecule has 0 fully saturated rings. The Morgan fingerprint density at radius 1 is 0.750 bits per heavy atom. The van der Waals surface area contributed by atoms with Gasteiger partial charge in [-0.25, -0.2) is 4.79 Å². The van der Waals surface area contributed by atoms with Crippen molar-refractivity contribution in [2.75, 3.05) is 48.3 Å². The highest BCUT2D eigenvalue weighted by Crippen LogP contribution is 2.29. The minimum atomic E-state index is -0.443. The van der Waals surface area contributed by atoms with Gasteiger partial charge in [-0.1, -0.05) is 24.3 Å². The molecule has 0 aliphatic heterocycles. The molecule has 2 aromatic rings. The predicted octanol–water partition coefficient (Wildman–Crippen LogP) is 3.90. The molecule has 8 heteroatoms. The Labute approximate surface area is 187 Å². The van der Waals surface area contributed by atoms with E-state index >= 15 is 0 Å². The van der Waals surface area contributed by atoms with Gasteiger partial charge in [0.2, 0.25) is 0 Å². The second-order valence-electron chi connectivity index (χ2n) is 6.29. The summed E-state index contributed by atoms with van der Waals surface area (Å²) in [6.45, 7) is 0.502. The van der Waals surface area contributed by atoms with Crippen LogP contribution in [0.25, 0.3) is 12.2 Å². The summed E-state index contributed by atoms with van der Waals surface area (Å²) >= 11 is 0. The van der Waals surface area contributed by atoms with E-state index in [9.17, 15) is 4.79 Å². The van der Waals surface area contributed by atoms with Crippen molar-refractivity contribution in [1.82, 2.24) is 0 Å². The third-order valence-electron chi connectivity index (χ3n) is 3.90. The largest absolute Gasteiger partial charge is 0.468 e. The zero-order valence-corrected chi connectivity index (χ0v) is 18.4. The molecule has 0 amide bonds. The topological polar surface area (TPSA) is 81.7 Å². The number of ether oxygens (including phenoxy) is 7. The number of carbonyl (C=O) groups is 1. The molecule has 0 unspecified atom stereocenters. The van der Waals surface area contributed by atoms with Crippen LogP contribution in [0.3, 0.4) is 0 Å². The van der Waals surface area contributed by atoms with Crippen LogP contribution in [0.2, 0.25) is 0 Å².